The molecule has 1 heterocycles. The molecule has 0 saturated carbocycles. The van der Waals surface area contributed by atoms with Crippen molar-refractivity contribution in [3.05, 3.63) is 72.4 Å². The molecule has 2 amide bonds. The Bertz CT molecular complexity index is 880. The molecule has 0 spiro atoms. The number of anilines is 4. The van der Waals surface area contributed by atoms with Crippen LogP contribution in [-0.4, -0.2) is 18.1 Å². The fraction of sp³-hybridized carbons (Fsp3) is 0.100. The highest BCUT2D eigenvalue weighted by atomic mass is 16.5. The predicted molar refractivity (Wildman–Crippen MR) is 104 cm³/mol. The van der Waals surface area contributed by atoms with E-state index >= 15 is 0 Å². The number of amides is 2. The lowest BCUT2D eigenvalue weighted by Gasteiger charge is -2.12. The van der Waals surface area contributed by atoms with Crippen molar-refractivity contribution in [2.75, 3.05) is 23.1 Å². The van der Waals surface area contributed by atoms with Gasteiger partial charge in [-0.3, -0.25) is 5.32 Å². The van der Waals surface area contributed by atoms with E-state index < -0.39 is 0 Å². The second-order valence-electron chi connectivity index (χ2n) is 5.71. The third-order valence-electron chi connectivity index (χ3n) is 3.67. The van der Waals surface area contributed by atoms with Gasteiger partial charge in [-0.25, -0.2) is 9.78 Å². The van der Waals surface area contributed by atoms with Crippen molar-refractivity contribution in [2.24, 2.45) is 0 Å². The van der Waals surface area contributed by atoms with E-state index in [0.717, 1.165) is 28.4 Å². The maximum Gasteiger partial charge on any atom is 0.324 e. The Morgan fingerprint density at radius 1 is 0.962 bits per heavy atom. The number of aromatic nitrogens is 1. The highest BCUT2D eigenvalue weighted by Crippen LogP contribution is 2.28. The summed E-state index contributed by atoms with van der Waals surface area (Å²) in [6.45, 7) is 2.02. The van der Waals surface area contributed by atoms with Gasteiger partial charge in [0.2, 0.25) is 0 Å². The molecule has 132 valence electrons. The molecule has 0 aliphatic rings. The van der Waals surface area contributed by atoms with Gasteiger partial charge < -0.3 is 15.4 Å². The molecule has 3 N–H and O–H groups in total. The van der Waals surface area contributed by atoms with Gasteiger partial charge in [0.15, 0.2) is 0 Å². The predicted octanol–water partition coefficient (Wildman–Crippen LogP) is 4.79. The van der Waals surface area contributed by atoms with Crippen LogP contribution in [0, 0.1) is 6.92 Å². The van der Waals surface area contributed by atoms with E-state index in [1.807, 2.05) is 61.5 Å². The molecule has 0 fully saturated rings. The zero-order chi connectivity index (χ0) is 18.4. The zero-order valence-corrected chi connectivity index (χ0v) is 14.6. The van der Waals surface area contributed by atoms with E-state index in [1.54, 1.807) is 19.4 Å². The highest BCUT2D eigenvalue weighted by molar-refractivity contribution is 5.99. The smallest absolute Gasteiger partial charge is 0.324 e. The molecule has 0 radical (unpaired) electrons. The lowest BCUT2D eigenvalue weighted by Crippen LogP contribution is -2.19. The Morgan fingerprint density at radius 3 is 2.46 bits per heavy atom. The minimum absolute atomic E-state index is 0.343. The number of para-hydroxylation sites is 1. The monoisotopic (exact) mass is 348 g/mol. The summed E-state index contributed by atoms with van der Waals surface area (Å²) < 4.78 is 5.36. The molecule has 3 rings (SSSR count). The number of urea groups is 1. The van der Waals surface area contributed by atoms with E-state index in [2.05, 4.69) is 20.9 Å². The first-order chi connectivity index (χ1) is 12.6. The molecular weight excluding hydrogens is 328 g/mol. The Labute approximate surface area is 152 Å². The Kier molecular flexibility index (Phi) is 5.34. The Balaban J connectivity index is 1.63. The molecule has 0 unspecified atom stereocenters. The lowest BCUT2D eigenvalue weighted by molar-refractivity contribution is 0.262. The van der Waals surface area contributed by atoms with Gasteiger partial charge in [-0.05, 0) is 48.9 Å². The Hall–Kier alpha value is -3.54. The Morgan fingerprint density at radius 2 is 1.77 bits per heavy atom. The number of methoxy groups -OCH3 is 1. The number of nitrogens with zero attached hydrogens (tertiary/aromatic N) is 1. The van der Waals surface area contributed by atoms with Crippen LogP contribution in [0.2, 0.25) is 0 Å². The van der Waals surface area contributed by atoms with Crippen molar-refractivity contribution >= 4 is 28.9 Å². The average Bonchev–Trinajstić information content (AvgIpc) is 2.64. The average molecular weight is 348 g/mol. The standard InChI is InChI=1S/C20H20N4O2/c1-14-8-10-18(26-2)17(12-14)22-16-9-11-19(21-13-16)24-20(25)23-15-6-4-3-5-7-15/h3-13,22H,1-2H3,(H2,21,23,24,25). The molecule has 26 heavy (non-hydrogen) atoms. The van der Waals surface area contributed by atoms with Crippen LogP contribution in [0.25, 0.3) is 0 Å². The minimum atomic E-state index is -0.343. The van der Waals surface area contributed by atoms with Crippen molar-refractivity contribution in [1.82, 2.24) is 4.98 Å². The number of rotatable bonds is 5. The van der Waals surface area contributed by atoms with Crippen molar-refractivity contribution in [3.8, 4) is 5.75 Å². The molecule has 6 nitrogen and oxygen atoms in total. The number of hydrogen-bond donors (Lipinski definition) is 3. The first-order valence-electron chi connectivity index (χ1n) is 8.15. The lowest BCUT2D eigenvalue weighted by atomic mass is 10.2. The van der Waals surface area contributed by atoms with Crippen molar-refractivity contribution in [3.63, 3.8) is 0 Å². The zero-order valence-electron chi connectivity index (χ0n) is 14.6. The largest absolute Gasteiger partial charge is 0.495 e. The maximum atomic E-state index is 12.0. The number of carbonyl (C=O) groups excluding carboxylic acids is 1. The molecule has 1 aromatic heterocycles. The van der Waals surface area contributed by atoms with Crippen LogP contribution in [0.3, 0.4) is 0 Å². The van der Waals surface area contributed by atoms with Crippen LogP contribution in [0.4, 0.5) is 27.7 Å². The van der Waals surface area contributed by atoms with Crippen molar-refractivity contribution in [2.45, 2.75) is 6.92 Å². The molecule has 6 heteroatoms. The number of benzene rings is 2. The van der Waals surface area contributed by atoms with Gasteiger partial charge in [-0.1, -0.05) is 24.3 Å². The number of ether oxygens (including phenoxy) is 1. The number of nitrogens with one attached hydrogen (secondary N) is 3. The van der Waals surface area contributed by atoms with Crippen LogP contribution in [0.1, 0.15) is 5.56 Å². The second-order valence-corrected chi connectivity index (χ2v) is 5.71. The summed E-state index contributed by atoms with van der Waals surface area (Å²) in [5.41, 5.74) is 3.49. The fourth-order valence-electron chi connectivity index (χ4n) is 2.42. The third-order valence-corrected chi connectivity index (χ3v) is 3.67. The van der Waals surface area contributed by atoms with E-state index in [4.69, 9.17) is 4.74 Å². The summed E-state index contributed by atoms with van der Waals surface area (Å²) in [7, 11) is 1.63. The van der Waals surface area contributed by atoms with Gasteiger partial charge in [-0.2, -0.15) is 0 Å². The fourth-order valence-corrected chi connectivity index (χ4v) is 2.42. The van der Waals surface area contributed by atoms with Crippen LogP contribution in [-0.2, 0) is 0 Å². The van der Waals surface area contributed by atoms with Gasteiger partial charge in [0.05, 0.1) is 24.7 Å². The van der Waals surface area contributed by atoms with Gasteiger partial charge in [-0.15, -0.1) is 0 Å². The van der Waals surface area contributed by atoms with Gasteiger partial charge in [0.25, 0.3) is 0 Å². The normalized spacial score (nSPS) is 10.1. The SMILES string of the molecule is COc1ccc(C)cc1Nc1ccc(NC(=O)Nc2ccccc2)nc1. The number of carbonyl (C=O) groups is 1. The number of hydrogen-bond acceptors (Lipinski definition) is 4. The van der Waals surface area contributed by atoms with E-state index in [1.165, 1.54) is 0 Å². The molecule has 0 aliphatic carbocycles. The molecular formula is C20H20N4O2. The molecule has 0 bridgehead atoms. The molecule has 0 atom stereocenters. The maximum absolute atomic E-state index is 12.0. The summed E-state index contributed by atoms with van der Waals surface area (Å²) in [6.07, 6.45) is 1.65. The van der Waals surface area contributed by atoms with Crippen LogP contribution in [0.15, 0.2) is 66.9 Å². The summed E-state index contributed by atoms with van der Waals surface area (Å²) in [6, 6.07) is 18.4. The number of aryl methyl sites for hydroxylation is 1. The van der Waals surface area contributed by atoms with E-state index in [0.29, 0.717) is 5.82 Å². The van der Waals surface area contributed by atoms with E-state index in [9.17, 15) is 4.79 Å². The summed E-state index contributed by atoms with van der Waals surface area (Å²) in [4.78, 5) is 16.2. The van der Waals surface area contributed by atoms with Crippen LogP contribution < -0.4 is 20.7 Å². The van der Waals surface area contributed by atoms with Gasteiger partial charge >= 0.3 is 6.03 Å². The van der Waals surface area contributed by atoms with Gasteiger partial charge in [0.1, 0.15) is 11.6 Å². The highest BCUT2D eigenvalue weighted by Gasteiger charge is 2.06. The summed E-state index contributed by atoms with van der Waals surface area (Å²) >= 11 is 0. The van der Waals surface area contributed by atoms with E-state index in [-0.39, 0.29) is 6.03 Å². The first-order valence-corrected chi connectivity index (χ1v) is 8.15. The first kappa shape index (κ1) is 17.3. The van der Waals surface area contributed by atoms with Gasteiger partial charge in [0, 0.05) is 5.69 Å². The van der Waals surface area contributed by atoms with Crippen LogP contribution in [0.5, 0.6) is 5.75 Å². The quantitative estimate of drug-likeness (QED) is 0.620. The van der Waals surface area contributed by atoms with Crippen molar-refractivity contribution < 1.29 is 9.53 Å². The number of pyridine rings is 1. The molecule has 2 aromatic carbocycles. The second kappa shape index (κ2) is 8.02. The van der Waals surface area contributed by atoms with Crippen LogP contribution >= 0.6 is 0 Å². The van der Waals surface area contributed by atoms with Crippen molar-refractivity contribution in [1.29, 1.82) is 0 Å². The topological polar surface area (TPSA) is 75.3 Å². The summed E-state index contributed by atoms with van der Waals surface area (Å²) in [5, 5.41) is 8.71. The molecule has 3 aromatic rings. The summed E-state index contributed by atoms with van der Waals surface area (Å²) in [5.74, 6) is 1.21. The minimum Gasteiger partial charge on any atom is -0.495 e. The molecule has 0 saturated heterocycles. The molecule has 0 aliphatic heterocycles. The third kappa shape index (κ3) is 4.51.